The molecule has 13 heavy (non-hydrogen) atoms. The highest BCUT2D eigenvalue weighted by atomic mass is 16.3. The predicted octanol–water partition coefficient (Wildman–Crippen LogP) is 0.979. The van der Waals surface area contributed by atoms with Crippen LogP contribution in [0.25, 0.3) is 0 Å². The van der Waals surface area contributed by atoms with Crippen LogP contribution in [0.4, 0.5) is 0 Å². The summed E-state index contributed by atoms with van der Waals surface area (Å²) in [6, 6.07) is 0. The third-order valence-corrected chi connectivity index (χ3v) is 3.59. The standard InChI is InChI=1S/C11H19NO/c1-12(2)6-10-8-3-4-9(5-8)11(10)7-13/h3-4,8-11,13H,5-7H2,1-2H3. The summed E-state index contributed by atoms with van der Waals surface area (Å²) in [5.41, 5.74) is 0. The predicted molar refractivity (Wildman–Crippen MR) is 53.4 cm³/mol. The van der Waals surface area contributed by atoms with Gasteiger partial charge in [-0.3, -0.25) is 0 Å². The summed E-state index contributed by atoms with van der Waals surface area (Å²) in [7, 11) is 4.23. The van der Waals surface area contributed by atoms with Gasteiger partial charge in [0.05, 0.1) is 0 Å². The molecule has 1 saturated carbocycles. The molecule has 2 heteroatoms. The van der Waals surface area contributed by atoms with Gasteiger partial charge in [-0.1, -0.05) is 12.2 Å². The maximum atomic E-state index is 9.32. The average Bonchev–Trinajstić information content (AvgIpc) is 2.62. The maximum absolute atomic E-state index is 9.32. The molecule has 0 spiro atoms. The van der Waals surface area contributed by atoms with E-state index in [2.05, 4.69) is 31.1 Å². The van der Waals surface area contributed by atoms with Crippen LogP contribution >= 0.6 is 0 Å². The zero-order valence-electron chi connectivity index (χ0n) is 8.48. The summed E-state index contributed by atoms with van der Waals surface area (Å²) in [6.07, 6.45) is 5.94. The number of nitrogens with zero attached hydrogens (tertiary/aromatic N) is 1. The largest absolute Gasteiger partial charge is 0.396 e. The molecule has 0 aromatic rings. The Morgan fingerprint density at radius 2 is 1.85 bits per heavy atom. The van der Waals surface area contributed by atoms with Crippen molar-refractivity contribution in [3.8, 4) is 0 Å². The average molecular weight is 181 g/mol. The van der Waals surface area contributed by atoms with Crippen molar-refractivity contribution in [2.24, 2.45) is 23.7 Å². The molecule has 0 aromatic heterocycles. The first-order valence-electron chi connectivity index (χ1n) is 5.16. The fourth-order valence-corrected chi connectivity index (χ4v) is 2.99. The van der Waals surface area contributed by atoms with E-state index in [4.69, 9.17) is 0 Å². The monoisotopic (exact) mass is 181 g/mol. The van der Waals surface area contributed by atoms with E-state index in [9.17, 15) is 5.11 Å². The zero-order valence-corrected chi connectivity index (χ0v) is 8.48. The van der Waals surface area contributed by atoms with Crippen molar-refractivity contribution in [2.75, 3.05) is 27.2 Å². The second-order valence-electron chi connectivity index (χ2n) is 4.72. The Morgan fingerprint density at radius 3 is 2.38 bits per heavy atom. The van der Waals surface area contributed by atoms with Crippen LogP contribution in [-0.4, -0.2) is 37.3 Å². The summed E-state index contributed by atoms with van der Waals surface area (Å²) < 4.78 is 0. The Hall–Kier alpha value is -0.340. The van der Waals surface area contributed by atoms with Crippen LogP contribution in [0.5, 0.6) is 0 Å². The number of allylic oxidation sites excluding steroid dienone is 2. The lowest BCUT2D eigenvalue weighted by atomic mass is 9.83. The van der Waals surface area contributed by atoms with Gasteiger partial charge in [0, 0.05) is 13.2 Å². The number of aliphatic hydroxyl groups is 1. The van der Waals surface area contributed by atoms with Crippen LogP contribution in [0.15, 0.2) is 12.2 Å². The van der Waals surface area contributed by atoms with Crippen LogP contribution in [0, 0.1) is 23.7 Å². The quantitative estimate of drug-likeness (QED) is 0.656. The first-order valence-corrected chi connectivity index (χ1v) is 5.16. The molecule has 0 saturated heterocycles. The van der Waals surface area contributed by atoms with Gasteiger partial charge in [-0.05, 0) is 44.2 Å². The van der Waals surface area contributed by atoms with E-state index in [-0.39, 0.29) is 0 Å². The number of aliphatic hydroxyl groups excluding tert-OH is 1. The maximum Gasteiger partial charge on any atom is 0.0468 e. The van der Waals surface area contributed by atoms with Crippen molar-refractivity contribution in [1.82, 2.24) is 4.90 Å². The van der Waals surface area contributed by atoms with E-state index in [1.165, 1.54) is 6.42 Å². The third kappa shape index (κ3) is 1.53. The van der Waals surface area contributed by atoms with E-state index in [0.717, 1.165) is 12.5 Å². The first kappa shape index (κ1) is 9.22. The lowest BCUT2D eigenvalue weighted by Crippen LogP contribution is -2.32. The highest BCUT2D eigenvalue weighted by Crippen LogP contribution is 2.47. The topological polar surface area (TPSA) is 23.5 Å². The summed E-state index contributed by atoms with van der Waals surface area (Å²) in [5.74, 6) is 2.62. The lowest BCUT2D eigenvalue weighted by Gasteiger charge is -2.28. The Labute approximate surface area is 80.2 Å². The van der Waals surface area contributed by atoms with Gasteiger partial charge in [-0.25, -0.2) is 0 Å². The Kier molecular flexibility index (Phi) is 2.43. The zero-order chi connectivity index (χ0) is 9.42. The van der Waals surface area contributed by atoms with Gasteiger partial charge in [-0.15, -0.1) is 0 Å². The molecule has 2 bridgehead atoms. The van der Waals surface area contributed by atoms with E-state index >= 15 is 0 Å². The van der Waals surface area contributed by atoms with Crippen molar-refractivity contribution >= 4 is 0 Å². The summed E-state index contributed by atoms with van der Waals surface area (Å²) in [4.78, 5) is 2.24. The first-order chi connectivity index (χ1) is 6.22. The lowest BCUT2D eigenvalue weighted by molar-refractivity contribution is 0.143. The minimum Gasteiger partial charge on any atom is -0.396 e. The van der Waals surface area contributed by atoms with Crippen molar-refractivity contribution in [1.29, 1.82) is 0 Å². The number of hydrogen-bond donors (Lipinski definition) is 1. The molecule has 2 aliphatic carbocycles. The second kappa shape index (κ2) is 3.43. The minimum atomic E-state index is 0.365. The molecule has 2 aliphatic rings. The van der Waals surface area contributed by atoms with Crippen LogP contribution in [0.3, 0.4) is 0 Å². The molecule has 1 N–H and O–H groups in total. The van der Waals surface area contributed by atoms with Crippen molar-refractivity contribution in [3.05, 3.63) is 12.2 Å². The van der Waals surface area contributed by atoms with E-state index in [1.807, 2.05) is 0 Å². The number of hydrogen-bond acceptors (Lipinski definition) is 2. The van der Waals surface area contributed by atoms with Gasteiger partial charge >= 0.3 is 0 Å². The Balaban J connectivity index is 2.05. The van der Waals surface area contributed by atoms with Crippen LogP contribution in [0.2, 0.25) is 0 Å². The minimum absolute atomic E-state index is 0.365. The molecule has 4 atom stereocenters. The Morgan fingerprint density at radius 1 is 1.23 bits per heavy atom. The molecular weight excluding hydrogens is 162 g/mol. The molecule has 0 radical (unpaired) electrons. The van der Waals surface area contributed by atoms with Crippen LogP contribution < -0.4 is 0 Å². The molecule has 0 amide bonds. The molecule has 2 nitrogen and oxygen atoms in total. The smallest absolute Gasteiger partial charge is 0.0468 e. The van der Waals surface area contributed by atoms with Gasteiger partial charge in [0.2, 0.25) is 0 Å². The van der Waals surface area contributed by atoms with Gasteiger partial charge in [0.1, 0.15) is 0 Å². The molecule has 4 unspecified atom stereocenters. The van der Waals surface area contributed by atoms with Gasteiger partial charge in [0.25, 0.3) is 0 Å². The molecule has 0 heterocycles. The van der Waals surface area contributed by atoms with Gasteiger partial charge < -0.3 is 10.0 Å². The summed E-state index contributed by atoms with van der Waals surface area (Å²) in [6.45, 7) is 1.49. The second-order valence-corrected chi connectivity index (χ2v) is 4.72. The van der Waals surface area contributed by atoms with E-state index in [0.29, 0.717) is 24.4 Å². The fourth-order valence-electron chi connectivity index (χ4n) is 2.99. The van der Waals surface area contributed by atoms with Crippen molar-refractivity contribution < 1.29 is 5.11 Å². The van der Waals surface area contributed by atoms with Crippen molar-refractivity contribution in [3.63, 3.8) is 0 Å². The fraction of sp³-hybridized carbons (Fsp3) is 0.818. The highest BCUT2D eigenvalue weighted by Gasteiger charge is 2.43. The van der Waals surface area contributed by atoms with Gasteiger partial charge in [0.15, 0.2) is 0 Å². The Bertz CT molecular complexity index is 212. The molecule has 1 fully saturated rings. The van der Waals surface area contributed by atoms with Crippen LogP contribution in [0.1, 0.15) is 6.42 Å². The normalized spacial score (nSPS) is 42.2. The van der Waals surface area contributed by atoms with Crippen molar-refractivity contribution in [2.45, 2.75) is 6.42 Å². The molecule has 0 aromatic carbocycles. The SMILES string of the molecule is CN(C)CC1C2C=CC(C2)C1CO. The van der Waals surface area contributed by atoms with Crippen LogP contribution in [-0.2, 0) is 0 Å². The summed E-state index contributed by atoms with van der Waals surface area (Å²) >= 11 is 0. The van der Waals surface area contributed by atoms with E-state index < -0.39 is 0 Å². The molecule has 0 aliphatic heterocycles. The van der Waals surface area contributed by atoms with E-state index in [1.54, 1.807) is 0 Å². The number of rotatable bonds is 3. The highest BCUT2D eigenvalue weighted by molar-refractivity contribution is 5.13. The molecule has 2 rings (SSSR count). The summed E-state index contributed by atoms with van der Waals surface area (Å²) in [5, 5.41) is 9.32. The molecule has 74 valence electrons. The molecular formula is C11H19NO. The third-order valence-electron chi connectivity index (χ3n) is 3.59. The number of fused-ring (bicyclic) bond motifs is 2. The van der Waals surface area contributed by atoms with Gasteiger partial charge in [-0.2, -0.15) is 0 Å².